The van der Waals surface area contributed by atoms with E-state index in [1.165, 1.54) is 4.31 Å². The number of hydrogen-bond donors (Lipinski definition) is 1. The maximum Gasteiger partial charge on any atom is 0.263 e. The van der Waals surface area contributed by atoms with Crippen molar-refractivity contribution in [2.75, 3.05) is 29.4 Å². The van der Waals surface area contributed by atoms with Crippen molar-refractivity contribution in [2.24, 2.45) is 0 Å². The standard InChI is InChI=1S/C16H24N2O4S2/c1-16(2,3)23-10-9-17-15(19)14-11-18(24(4,20)21)12-7-5-6-8-13(12)22-14/h5-8,14H,9-11H2,1-4H3,(H,17,19)/t14-/m1/s1. The van der Waals surface area contributed by atoms with Crippen LogP contribution in [0.15, 0.2) is 24.3 Å². The average molecular weight is 373 g/mol. The fraction of sp³-hybridized carbons (Fsp3) is 0.562. The number of carbonyl (C=O) groups excluding carboxylic acids is 1. The quantitative estimate of drug-likeness (QED) is 0.799. The minimum Gasteiger partial charge on any atom is -0.476 e. The fourth-order valence-electron chi connectivity index (χ4n) is 2.30. The van der Waals surface area contributed by atoms with Crippen molar-refractivity contribution in [1.29, 1.82) is 0 Å². The highest BCUT2D eigenvalue weighted by Gasteiger charge is 2.34. The molecule has 0 saturated carbocycles. The summed E-state index contributed by atoms with van der Waals surface area (Å²) >= 11 is 1.75. The first-order chi connectivity index (χ1) is 11.1. The highest BCUT2D eigenvalue weighted by atomic mass is 32.2. The van der Waals surface area contributed by atoms with Crippen LogP contribution in [0.3, 0.4) is 0 Å². The molecule has 2 rings (SSSR count). The fourth-order valence-corrected chi connectivity index (χ4v) is 4.03. The molecule has 134 valence electrons. The van der Waals surface area contributed by atoms with Gasteiger partial charge in [0.15, 0.2) is 6.10 Å². The Labute approximate surface area is 148 Å². The van der Waals surface area contributed by atoms with E-state index >= 15 is 0 Å². The Morgan fingerprint density at radius 3 is 2.67 bits per heavy atom. The van der Waals surface area contributed by atoms with Crippen LogP contribution in [0.4, 0.5) is 5.69 Å². The number of anilines is 1. The molecule has 1 aromatic rings. The number of hydrogen-bond acceptors (Lipinski definition) is 5. The highest BCUT2D eigenvalue weighted by Crippen LogP contribution is 2.34. The molecule has 1 aliphatic rings. The summed E-state index contributed by atoms with van der Waals surface area (Å²) in [5.41, 5.74) is 0.465. The van der Waals surface area contributed by atoms with Gasteiger partial charge in [-0.15, -0.1) is 0 Å². The molecule has 0 radical (unpaired) electrons. The van der Waals surface area contributed by atoms with Gasteiger partial charge in [0.05, 0.1) is 18.5 Å². The molecule has 1 aromatic carbocycles. The molecular weight excluding hydrogens is 348 g/mol. The second-order valence-corrected chi connectivity index (χ2v) is 10.4. The van der Waals surface area contributed by atoms with E-state index in [2.05, 4.69) is 26.1 Å². The molecule has 0 fully saturated rings. The van der Waals surface area contributed by atoms with Crippen LogP contribution in [0.1, 0.15) is 20.8 Å². The van der Waals surface area contributed by atoms with Gasteiger partial charge in [-0.05, 0) is 12.1 Å². The molecule has 6 nitrogen and oxygen atoms in total. The van der Waals surface area contributed by atoms with Crippen molar-refractivity contribution in [2.45, 2.75) is 31.6 Å². The Bertz CT molecular complexity index is 698. The Balaban J connectivity index is 2.03. The summed E-state index contributed by atoms with van der Waals surface area (Å²) in [6, 6.07) is 6.83. The number of ether oxygens (including phenoxy) is 1. The van der Waals surface area contributed by atoms with Gasteiger partial charge in [-0.1, -0.05) is 32.9 Å². The first-order valence-electron chi connectivity index (χ1n) is 7.73. The number of rotatable bonds is 5. The minimum absolute atomic E-state index is 0.0197. The van der Waals surface area contributed by atoms with Crippen LogP contribution in [-0.2, 0) is 14.8 Å². The van der Waals surface area contributed by atoms with Crippen LogP contribution in [-0.4, -0.2) is 50.3 Å². The normalized spacial score (nSPS) is 17.8. The van der Waals surface area contributed by atoms with Gasteiger partial charge >= 0.3 is 0 Å². The van der Waals surface area contributed by atoms with Gasteiger partial charge in [0.25, 0.3) is 5.91 Å². The van der Waals surface area contributed by atoms with E-state index in [0.717, 1.165) is 12.0 Å². The molecule has 1 N–H and O–H groups in total. The second-order valence-electron chi connectivity index (χ2n) is 6.62. The summed E-state index contributed by atoms with van der Waals surface area (Å²) in [5.74, 6) is 0.889. The number of amides is 1. The van der Waals surface area contributed by atoms with Gasteiger partial charge in [-0.3, -0.25) is 9.10 Å². The second kappa shape index (κ2) is 7.23. The number of fused-ring (bicyclic) bond motifs is 1. The van der Waals surface area contributed by atoms with Crippen molar-refractivity contribution in [3.63, 3.8) is 0 Å². The van der Waals surface area contributed by atoms with Gasteiger partial charge in [-0.2, -0.15) is 11.8 Å². The number of thioether (sulfide) groups is 1. The van der Waals surface area contributed by atoms with E-state index < -0.39 is 16.1 Å². The third-order valence-electron chi connectivity index (χ3n) is 3.36. The summed E-state index contributed by atoms with van der Waals surface area (Å²) in [7, 11) is -3.48. The molecule has 1 heterocycles. The molecule has 24 heavy (non-hydrogen) atoms. The number of benzene rings is 1. The van der Waals surface area contributed by atoms with Crippen LogP contribution < -0.4 is 14.4 Å². The molecular formula is C16H24N2O4S2. The molecule has 1 atom stereocenters. The summed E-state index contributed by atoms with van der Waals surface area (Å²) < 4.78 is 31.1. The number of carbonyl (C=O) groups is 1. The Kier molecular flexibility index (Phi) is 5.70. The average Bonchev–Trinajstić information content (AvgIpc) is 2.48. The first kappa shape index (κ1) is 18.9. The molecule has 0 spiro atoms. The lowest BCUT2D eigenvalue weighted by Gasteiger charge is -2.33. The molecule has 0 aliphatic carbocycles. The molecule has 0 bridgehead atoms. The molecule has 1 aliphatic heterocycles. The number of nitrogens with zero attached hydrogens (tertiary/aromatic N) is 1. The van der Waals surface area contributed by atoms with Crippen LogP contribution in [0.25, 0.3) is 0 Å². The number of para-hydroxylation sites is 2. The predicted molar refractivity (Wildman–Crippen MR) is 98.3 cm³/mol. The Hall–Kier alpha value is -1.41. The summed E-state index contributed by atoms with van der Waals surface area (Å²) in [6.45, 7) is 6.84. The largest absolute Gasteiger partial charge is 0.476 e. The lowest BCUT2D eigenvalue weighted by Crippen LogP contribution is -2.50. The van der Waals surface area contributed by atoms with Gasteiger partial charge < -0.3 is 10.1 Å². The third-order valence-corrected chi connectivity index (χ3v) is 5.78. The Morgan fingerprint density at radius 2 is 2.04 bits per heavy atom. The summed E-state index contributed by atoms with van der Waals surface area (Å²) in [6.07, 6.45) is 0.276. The molecule has 8 heteroatoms. The van der Waals surface area contributed by atoms with Crippen molar-refractivity contribution >= 4 is 33.4 Å². The first-order valence-corrected chi connectivity index (χ1v) is 10.6. The summed E-state index contributed by atoms with van der Waals surface area (Å²) in [5, 5.41) is 2.82. The van der Waals surface area contributed by atoms with E-state index in [0.29, 0.717) is 18.0 Å². The van der Waals surface area contributed by atoms with E-state index in [1.807, 2.05) is 0 Å². The molecule has 0 aromatic heterocycles. The van der Waals surface area contributed by atoms with E-state index in [9.17, 15) is 13.2 Å². The minimum atomic E-state index is -3.48. The predicted octanol–water partition coefficient (Wildman–Crippen LogP) is 1.86. The number of sulfonamides is 1. The van der Waals surface area contributed by atoms with Crippen LogP contribution in [0.5, 0.6) is 5.75 Å². The lowest BCUT2D eigenvalue weighted by molar-refractivity contribution is -0.127. The molecule has 0 saturated heterocycles. The van der Waals surface area contributed by atoms with Crippen molar-refractivity contribution in [3.05, 3.63) is 24.3 Å². The zero-order valence-electron chi connectivity index (χ0n) is 14.4. The smallest absolute Gasteiger partial charge is 0.263 e. The summed E-state index contributed by atoms with van der Waals surface area (Å²) in [4.78, 5) is 12.3. The molecule has 1 amide bonds. The van der Waals surface area contributed by atoms with Crippen molar-refractivity contribution < 1.29 is 17.9 Å². The molecule has 0 unspecified atom stereocenters. The lowest BCUT2D eigenvalue weighted by atomic mass is 10.2. The van der Waals surface area contributed by atoms with Crippen LogP contribution in [0, 0.1) is 0 Å². The van der Waals surface area contributed by atoms with Crippen LogP contribution in [0.2, 0.25) is 0 Å². The zero-order valence-corrected chi connectivity index (χ0v) is 16.0. The van der Waals surface area contributed by atoms with Gasteiger partial charge in [0.1, 0.15) is 5.75 Å². The SMILES string of the molecule is CC(C)(C)SCCNC(=O)[C@H]1CN(S(C)(=O)=O)c2ccccc2O1. The monoisotopic (exact) mass is 372 g/mol. The van der Waals surface area contributed by atoms with E-state index in [1.54, 1.807) is 36.0 Å². The Morgan fingerprint density at radius 1 is 1.38 bits per heavy atom. The number of nitrogens with one attached hydrogen (secondary N) is 1. The van der Waals surface area contributed by atoms with Crippen molar-refractivity contribution in [3.8, 4) is 5.75 Å². The zero-order chi connectivity index (χ0) is 18.0. The van der Waals surface area contributed by atoms with E-state index in [4.69, 9.17) is 4.74 Å². The van der Waals surface area contributed by atoms with Gasteiger partial charge in [-0.25, -0.2) is 8.42 Å². The third kappa shape index (κ3) is 5.04. The van der Waals surface area contributed by atoms with Gasteiger partial charge in [0.2, 0.25) is 10.0 Å². The van der Waals surface area contributed by atoms with Crippen LogP contribution >= 0.6 is 11.8 Å². The highest BCUT2D eigenvalue weighted by molar-refractivity contribution is 8.00. The van der Waals surface area contributed by atoms with Crippen molar-refractivity contribution in [1.82, 2.24) is 5.32 Å². The van der Waals surface area contributed by atoms with Gasteiger partial charge in [0, 0.05) is 17.0 Å². The van der Waals surface area contributed by atoms with E-state index in [-0.39, 0.29) is 17.2 Å². The topological polar surface area (TPSA) is 75.7 Å². The maximum atomic E-state index is 12.3. The maximum absolute atomic E-state index is 12.3.